The van der Waals surface area contributed by atoms with Crippen LogP contribution in [0.1, 0.15) is 11.1 Å². The highest BCUT2D eigenvalue weighted by Gasteiger charge is 2.21. The number of aromatic amines is 1. The molecule has 1 fully saturated rings. The lowest BCUT2D eigenvalue weighted by atomic mass is 10.0. The van der Waals surface area contributed by atoms with Gasteiger partial charge in [-0.25, -0.2) is 9.48 Å². The summed E-state index contributed by atoms with van der Waals surface area (Å²) in [5.41, 5.74) is 5.85. The number of carbonyl (C=O) groups excluding carboxylic acids is 1. The third kappa shape index (κ3) is 6.48. The molecule has 218 valence electrons. The molecule has 43 heavy (non-hydrogen) atoms. The third-order valence-corrected chi connectivity index (χ3v) is 7.70. The Bertz CT molecular complexity index is 1790. The number of ether oxygens (including phenoxy) is 1. The van der Waals surface area contributed by atoms with Gasteiger partial charge >= 0.3 is 5.97 Å². The van der Waals surface area contributed by atoms with Gasteiger partial charge in [0.25, 0.3) is 0 Å². The average Bonchev–Trinajstić information content (AvgIpc) is 3.65. The Morgan fingerprint density at radius 1 is 1.05 bits per heavy atom. The van der Waals surface area contributed by atoms with Crippen molar-refractivity contribution in [3.05, 3.63) is 107 Å². The minimum Gasteiger partial charge on any atom is -0.480 e. The molecular formula is C33H30ClN5O4. The zero-order chi connectivity index (χ0) is 29.8. The highest BCUT2D eigenvalue weighted by atomic mass is 35.5. The Kier molecular flexibility index (Phi) is 8.26. The van der Waals surface area contributed by atoms with Gasteiger partial charge in [-0.1, -0.05) is 48.0 Å². The summed E-state index contributed by atoms with van der Waals surface area (Å²) >= 11 is 6.24. The van der Waals surface area contributed by atoms with Crippen LogP contribution in [0.25, 0.3) is 33.9 Å². The van der Waals surface area contributed by atoms with E-state index in [0.717, 1.165) is 46.5 Å². The maximum Gasteiger partial charge on any atom is 0.326 e. The molecule has 1 amide bonds. The van der Waals surface area contributed by atoms with Crippen LogP contribution in [0.2, 0.25) is 5.02 Å². The first-order chi connectivity index (χ1) is 20.9. The molecule has 3 N–H and O–H groups in total. The number of halogens is 1. The van der Waals surface area contributed by atoms with Crippen molar-refractivity contribution >= 4 is 46.1 Å². The second kappa shape index (κ2) is 12.6. The summed E-state index contributed by atoms with van der Waals surface area (Å²) in [6, 6.07) is 22.0. The lowest BCUT2D eigenvalue weighted by Crippen LogP contribution is -2.41. The number of aliphatic carboxylic acids is 1. The second-order valence-electron chi connectivity index (χ2n) is 10.3. The van der Waals surface area contributed by atoms with Gasteiger partial charge in [-0.15, -0.1) is 0 Å². The maximum absolute atomic E-state index is 13.0. The van der Waals surface area contributed by atoms with Crippen molar-refractivity contribution in [2.24, 2.45) is 0 Å². The zero-order valence-corrected chi connectivity index (χ0v) is 24.0. The molecular weight excluding hydrogens is 566 g/mol. The molecule has 0 saturated carbocycles. The van der Waals surface area contributed by atoms with E-state index in [1.54, 1.807) is 23.0 Å². The lowest BCUT2D eigenvalue weighted by Gasteiger charge is -2.28. The van der Waals surface area contributed by atoms with E-state index in [1.807, 2.05) is 60.8 Å². The van der Waals surface area contributed by atoms with Crippen LogP contribution in [-0.4, -0.2) is 64.1 Å². The van der Waals surface area contributed by atoms with Crippen molar-refractivity contribution in [3.8, 4) is 16.9 Å². The third-order valence-electron chi connectivity index (χ3n) is 7.46. The first kappa shape index (κ1) is 28.3. The fraction of sp³-hybridized carbons (Fsp3) is 0.182. The second-order valence-corrected chi connectivity index (χ2v) is 10.7. The largest absolute Gasteiger partial charge is 0.480 e. The van der Waals surface area contributed by atoms with E-state index in [2.05, 4.69) is 27.3 Å². The highest BCUT2D eigenvalue weighted by molar-refractivity contribution is 6.30. The number of morpholine rings is 1. The minimum atomic E-state index is -1.11. The number of rotatable bonds is 9. The van der Waals surface area contributed by atoms with Crippen molar-refractivity contribution in [2.45, 2.75) is 12.5 Å². The monoisotopic (exact) mass is 595 g/mol. The molecule has 0 radical (unpaired) electrons. The number of anilines is 1. The van der Waals surface area contributed by atoms with Gasteiger partial charge in [0.15, 0.2) is 0 Å². The van der Waals surface area contributed by atoms with Crippen molar-refractivity contribution in [3.63, 3.8) is 0 Å². The number of para-hydroxylation sites is 1. The van der Waals surface area contributed by atoms with E-state index in [9.17, 15) is 14.7 Å². The predicted octanol–water partition coefficient (Wildman–Crippen LogP) is 5.34. The summed E-state index contributed by atoms with van der Waals surface area (Å²) in [7, 11) is 0. The van der Waals surface area contributed by atoms with Gasteiger partial charge in [-0.2, -0.15) is 5.10 Å². The van der Waals surface area contributed by atoms with Gasteiger partial charge in [-0.3, -0.25) is 4.79 Å². The fourth-order valence-electron chi connectivity index (χ4n) is 5.24. The molecule has 1 aliphatic heterocycles. The number of carbonyl (C=O) groups is 2. The van der Waals surface area contributed by atoms with Gasteiger partial charge in [0.1, 0.15) is 6.04 Å². The molecule has 10 heteroatoms. The van der Waals surface area contributed by atoms with Crippen LogP contribution in [0.3, 0.4) is 0 Å². The van der Waals surface area contributed by atoms with E-state index < -0.39 is 17.9 Å². The zero-order valence-electron chi connectivity index (χ0n) is 23.2. The average molecular weight is 596 g/mol. The molecule has 3 aromatic carbocycles. The molecule has 3 heterocycles. The topological polar surface area (TPSA) is 112 Å². The molecule has 0 spiro atoms. The summed E-state index contributed by atoms with van der Waals surface area (Å²) < 4.78 is 7.19. The summed E-state index contributed by atoms with van der Waals surface area (Å²) in [6.07, 6.45) is 6.74. The summed E-state index contributed by atoms with van der Waals surface area (Å²) in [4.78, 5) is 30.5. The van der Waals surface area contributed by atoms with Crippen LogP contribution in [0.5, 0.6) is 0 Å². The van der Waals surface area contributed by atoms with Gasteiger partial charge in [-0.05, 0) is 48.0 Å². The van der Waals surface area contributed by atoms with Crippen molar-refractivity contribution in [2.75, 3.05) is 31.2 Å². The number of carboxylic acid groups (broad SMARTS) is 1. The summed E-state index contributed by atoms with van der Waals surface area (Å²) in [5, 5.41) is 18.8. The Balaban J connectivity index is 1.25. The normalized spacial score (nSPS) is 14.3. The van der Waals surface area contributed by atoms with Crippen molar-refractivity contribution < 1.29 is 19.4 Å². The summed E-state index contributed by atoms with van der Waals surface area (Å²) in [6.45, 7) is 3.08. The quantitative estimate of drug-likeness (QED) is 0.198. The summed E-state index contributed by atoms with van der Waals surface area (Å²) in [5.74, 6) is -1.63. The van der Waals surface area contributed by atoms with Gasteiger partial charge in [0, 0.05) is 70.7 Å². The van der Waals surface area contributed by atoms with Crippen LogP contribution < -0.4 is 10.2 Å². The number of hydrogen-bond acceptors (Lipinski definition) is 5. The molecule has 5 aromatic rings. The molecule has 9 nitrogen and oxygen atoms in total. The van der Waals surface area contributed by atoms with E-state index in [0.29, 0.717) is 29.5 Å². The number of amides is 1. The first-order valence-corrected chi connectivity index (χ1v) is 14.4. The Hall–Kier alpha value is -4.86. The van der Waals surface area contributed by atoms with Gasteiger partial charge < -0.3 is 25.0 Å². The molecule has 2 aromatic heterocycles. The van der Waals surface area contributed by atoms with Crippen LogP contribution in [0.15, 0.2) is 91.3 Å². The molecule has 1 saturated heterocycles. The molecule has 1 unspecified atom stereocenters. The smallest absolute Gasteiger partial charge is 0.326 e. The van der Waals surface area contributed by atoms with Gasteiger partial charge in [0.2, 0.25) is 5.91 Å². The number of nitrogens with zero attached hydrogens (tertiary/aromatic N) is 3. The number of carboxylic acids is 1. The highest BCUT2D eigenvalue weighted by Crippen LogP contribution is 2.28. The van der Waals surface area contributed by atoms with Crippen LogP contribution >= 0.6 is 11.6 Å². The first-order valence-electron chi connectivity index (χ1n) is 14.0. The minimum absolute atomic E-state index is 0.145. The number of aromatic nitrogens is 3. The van der Waals surface area contributed by atoms with E-state index in [1.165, 1.54) is 6.08 Å². The molecule has 1 aliphatic rings. The van der Waals surface area contributed by atoms with Crippen LogP contribution in [0, 0.1) is 0 Å². The number of fused-ring (bicyclic) bond motifs is 1. The molecule has 6 rings (SSSR count). The number of benzene rings is 3. The fourth-order valence-corrected chi connectivity index (χ4v) is 5.43. The Morgan fingerprint density at radius 3 is 2.60 bits per heavy atom. The van der Waals surface area contributed by atoms with Crippen LogP contribution in [-0.2, 0) is 20.7 Å². The number of hydrogen-bond donors (Lipinski definition) is 3. The molecule has 1 atom stereocenters. The molecule has 0 aliphatic carbocycles. The van der Waals surface area contributed by atoms with E-state index in [4.69, 9.17) is 21.4 Å². The number of nitrogens with one attached hydrogen (secondary N) is 2. The van der Waals surface area contributed by atoms with Crippen molar-refractivity contribution in [1.29, 1.82) is 0 Å². The predicted molar refractivity (Wildman–Crippen MR) is 168 cm³/mol. The van der Waals surface area contributed by atoms with Crippen LogP contribution in [0.4, 0.5) is 5.69 Å². The Morgan fingerprint density at radius 2 is 1.84 bits per heavy atom. The molecule has 0 bridgehead atoms. The lowest BCUT2D eigenvalue weighted by molar-refractivity contribution is -0.141. The Labute approximate surface area is 253 Å². The van der Waals surface area contributed by atoms with Gasteiger partial charge in [0.05, 0.1) is 24.6 Å². The van der Waals surface area contributed by atoms with Crippen molar-refractivity contribution in [1.82, 2.24) is 20.1 Å². The SMILES string of the molecule is O=C(/C=C\c1cn(-c2cccc(Cl)c2)nc1-c1ccc(N2CCOCC2)cc1)NC(Cc1c[nH]c2ccccc12)C(=O)O. The van der Waals surface area contributed by atoms with E-state index in [-0.39, 0.29) is 6.42 Å². The standard InChI is InChI=1S/C33H30ClN5O4/c34-25-4-3-5-27(19-25)39-21-23(32(37-39)22-8-11-26(12-9-22)38-14-16-43-17-15-38)10-13-31(40)36-30(33(41)42)18-24-20-35-29-7-2-1-6-28(24)29/h1-13,19-21,30,35H,14-18H2,(H,36,40)(H,41,42)/b13-10-. The number of H-pyrrole nitrogens is 1. The maximum atomic E-state index is 13.0. The van der Waals surface area contributed by atoms with E-state index >= 15 is 0 Å².